The Bertz CT molecular complexity index is 1270. The molecule has 2 heterocycles. The molecule has 0 fully saturated rings. The zero-order valence-corrected chi connectivity index (χ0v) is 17.9. The number of benzene rings is 2. The van der Waals surface area contributed by atoms with Crippen LogP contribution in [0, 0.1) is 0 Å². The smallest absolute Gasteiger partial charge is 0.206 e. The van der Waals surface area contributed by atoms with E-state index in [1.165, 1.54) is 25.6 Å². The molecule has 31 heavy (non-hydrogen) atoms. The Morgan fingerprint density at radius 3 is 2.58 bits per heavy atom. The fraction of sp³-hybridized carbons (Fsp3) is 0.130. The van der Waals surface area contributed by atoms with Crippen molar-refractivity contribution in [3.63, 3.8) is 0 Å². The average Bonchev–Trinajstić information content (AvgIpc) is 3.40. The van der Waals surface area contributed by atoms with Gasteiger partial charge in [0, 0.05) is 16.3 Å². The summed E-state index contributed by atoms with van der Waals surface area (Å²) in [6, 6.07) is 13.2. The van der Waals surface area contributed by atoms with Crippen molar-refractivity contribution in [2.24, 2.45) is 10.1 Å². The minimum atomic E-state index is -0.0602. The third-order valence-electron chi connectivity index (χ3n) is 4.54. The summed E-state index contributed by atoms with van der Waals surface area (Å²) in [5, 5.41) is 17.7. The van der Waals surface area contributed by atoms with Gasteiger partial charge in [0.15, 0.2) is 17.3 Å². The monoisotopic (exact) mass is 435 g/mol. The van der Waals surface area contributed by atoms with Crippen molar-refractivity contribution in [1.29, 1.82) is 0 Å². The van der Waals surface area contributed by atoms with Crippen LogP contribution in [-0.2, 0) is 0 Å². The number of hydrogen-bond acceptors (Lipinski definition) is 7. The molecule has 0 spiro atoms. The SMILES string of the molecule is C=CCN=c1scc(-c2cc3ccccc3o2)n1N=Cc1cc(OC)c(O)c(OC)c1. The van der Waals surface area contributed by atoms with Gasteiger partial charge in [-0.25, -0.2) is 4.68 Å². The van der Waals surface area contributed by atoms with E-state index in [-0.39, 0.29) is 5.75 Å². The number of nitrogens with zero attached hydrogens (tertiary/aromatic N) is 3. The summed E-state index contributed by atoms with van der Waals surface area (Å²) in [5.74, 6) is 1.22. The van der Waals surface area contributed by atoms with E-state index in [4.69, 9.17) is 13.9 Å². The molecular formula is C23H21N3O4S. The van der Waals surface area contributed by atoms with Gasteiger partial charge in [-0.05, 0) is 24.3 Å². The Hall–Kier alpha value is -3.78. The van der Waals surface area contributed by atoms with Crippen molar-refractivity contribution in [2.45, 2.75) is 0 Å². The fourth-order valence-electron chi connectivity index (χ4n) is 3.05. The molecule has 1 N–H and O–H groups in total. The Morgan fingerprint density at radius 1 is 1.16 bits per heavy atom. The first-order valence-corrected chi connectivity index (χ1v) is 10.3. The summed E-state index contributed by atoms with van der Waals surface area (Å²) < 4.78 is 18.2. The van der Waals surface area contributed by atoms with Crippen LogP contribution in [0.25, 0.3) is 22.4 Å². The van der Waals surface area contributed by atoms with Gasteiger partial charge in [-0.1, -0.05) is 24.3 Å². The van der Waals surface area contributed by atoms with E-state index in [2.05, 4.69) is 16.7 Å². The highest BCUT2D eigenvalue weighted by atomic mass is 32.1. The lowest BCUT2D eigenvalue weighted by Crippen LogP contribution is -2.12. The number of thiazole rings is 1. The summed E-state index contributed by atoms with van der Waals surface area (Å²) in [6.07, 6.45) is 3.38. The second-order valence-electron chi connectivity index (χ2n) is 6.51. The summed E-state index contributed by atoms with van der Waals surface area (Å²) in [5.41, 5.74) is 2.27. The molecule has 4 rings (SSSR count). The van der Waals surface area contributed by atoms with Crippen LogP contribution in [0.2, 0.25) is 0 Å². The van der Waals surface area contributed by atoms with Crippen molar-refractivity contribution in [3.8, 4) is 28.7 Å². The zero-order valence-electron chi connectivity index (χ0n) is 17.1. The molecule has 2 aromatic carbocycles. The van der Waals surface area contributed by atoms with Gasteiger partial charge in [-0.15, -0.1) is 17.9 Å². The minimum absolute atomic E-state index is 0.0602. The molecule has 0 unspecified atom stereocenters. The van der Waals surface area contributed by atoms with Crippen molar-refractivity contribution in [2.75, 3.05) is 20.8 Å². The summed E-state index contributed by atoms with van der Waals surface area (Å²) in [4.78, 5) is 5.24. The predicted octanol–water partition coefficient (Wildman–Crippen LogP) is 4.65. The second kappa shape index (κ2) is 8.93. The molecule has 0 aliphatic heterocycles. The van der Waals surface area contributed by atoms with Gasteiger partial charge in [-0.3, -0.25) is 4.99 Å². The number of hydrogen-bond donors (Lipinski definition) is 1. The lowest BCUT2D eigenvalue weighted by atomic mass is 10.2. The molecule has 8 heteroatoms. The molecule has 0 saturated heterocycles. The first-order chi connectivity index (χ1) is 15.1. The molecule has 7 nitrogen and oxygen atoms in total. The third kappa shape index (κ3) is 4.10. The molecular weight excluding hydrogens is 414 g/mol. The Balaban J connectivity index is 1.82. The predicted molar refractivity (Wildman–Crippen MR) is 122 cm³/mol. The van der Waals surface area contributed by atoms with Crippen LogP contribution in [0.5, 0.6) is 17.2 Å². The highest BCUT2D eigenvalue weighted by Gasteiger charge is 2.14. The average molecular weight is 436 g/mol. The Kier molecular flexibility index (Phi) is 5.90. The number of methoxy groups -OCH3 is 2. The van der Waals surface area contributed by atoms with Gasteiger partial charge in [0.2, 0.25) is 10.6 Å². The second-order valence-corrected chi connectivity index (χ2v) is 7.35. The summed E-state index contributed by atoms with van der Waals surface area (Å²) in [7, 11) is 2.96. The number of phenols is 1. The molecule has 0 aliphatic carbocycles. The molecule has 158 valence electrons. The number of phenolic OH excluding ortho intramolecular Hbond substituents is 1. The highest BCUT2D eigenvalue weighted by molar-refractivity contribution is 7.07. The van der Waals surface area contributed by atoms with Gasteiger partial charge < -0.3 is 19.0 Å². The lowest BCUT2D eigenvalue weighted by molar-refractivity contribution is 0.340. The first-order valence-electron chi connectivity index (χ1n) is 9.44. The molecule has 0 saturated carbocycles. The molecule has 4 aromatic rings. The molecule has 0 amide bonds. The maximum Gasteiger partial charge on any atom is 0.206 e. The normalized spacial score (nSPS) is 12.0. The molecule has 0 atom stereocenters. The zero-order chi connectivity index (χ0) is 21.8. The van der Waals surface area contributed by atoms with Gasteiger partial charge >= 0.3 is 0 Å². The van der Waals surface area contributed by atoms with Crippen molar-refractivity contribution < 1.29 is 19.0 Å². The molecule has 0 aliphatic rings. The quantitative estimate of drug-likeness (QED) is 0.338. The van der Waals surface area contributed by atoms with E-state index in [9.17, 15) is 5.11 Å². The van der Waals surface area contributed by atoms with E-state index < -0.39 is 0 Å². The van der Waals surface area contributed by atoms with Gasteiger partial charge in [0.25, 0.3) is 0 Å². The van der Waals surface area contributed by atoms with Crippen LogP contribution in [-0.4, -0.2) is 36.8 Å². The van der Waals surface area contributed by atoms with Gasteiger partial charge in [0.1, 0.15) is 11.3 Å². The van der Waals surface area contributed by atoms with Crippen LogP contribution < -0.4 is 14.3 Å². The van der Waals surface area contributed by atoms with Gasteiger partial charge in [0.05, 0.1) is 27.0 Å². The fourth-order valence-corrected chi connectivity index (χ4v) is 3.88. The number of para-hydroxylation sites is 1. The third-order valence-corrected chi connectivity index (χ3v) is 5.40. The Morgan fingerprint density at radius 2 is 1.90 bits per heavy atom. The van der Waals surface area contributed by atoms with Crippen molar-refractivity contribution in [3.05, 3.63) is 70.9 Å². The topological polar surface area (TPSA) is 81.5 Å². The largest absolute Gasteiger partial charge is 0.502 e. The molecule has 2 aromatic heterocycles. The van der Waals surface area contributed by atoms with E-state index in [0.29, 0.717) is 34.2 Å². The van der Waals surface area contributed by atoms with Crippen molar-refractivity contribution in [1.82, 2.24) is 4.68 Å². The number of aromatic hydroxyl groups is 1. The van der Waals surface area contributed by atoms with Crippen molar-refractivity contribution >= 4 is 28.5 Å². The highest BCUT2D eigenvalue weighted by Crippen LogP contribution is 2.36. The number of rotatable bonds is 7. The van der Waals surface area contributed by atoms with Crippen LogP contribution in [0.4, 0.5) is 0 Å². The number of fused-ring (bicyclic) bond motifs is 1. The summed E-state index contributed by atoms with van der Waals surface area (Å²) in [6.45, 7) is 4.20. The van der Waals surface area contributed by atoms with Crippen LogP contribution in [0.3, 0.4) is 0 Å². The van der Waals surface area contributed by atoms with E-state index in [0.717, 1.165) is 16.7 Å². The number of ether oxygens (including phenoxy) is 2. The van der Waals surface area contributed by atoms with Crippen LogP contribution in [0.15, 0.2) is 75.0 Å². The van der Waals surface area contributed by atoms with Crippen LogP contribution >= 0.6 is 11.3 Å². The maximum absolute atomic E-state index is 10.1. The van der Waals surface area contributed by atoms with E-state index in [1.54, 1.807) is 29.1 Å². The number of aromatic nitrogens is 1. The van der Waals surface area contributed by atoms with Crippen LogP contribution in [0.1, 0.15) is 5.56 Å². The van der Waals surface area contributed by atoms with Gasteiger partial charge in [-0.2, -0.15) is 5.10 Å². The number of furan rings is 1. The minimum Gasteiger partial charge on any atom is -0.502 e. The lowest BCUT2D eigenvalue weighted by Gasteiger charge is -2.09. The maximum atomic E-state index is 10.1. The first kappa shape index (κ1) is 20.5. The Labute approximate surface area is 182 Å². The van der Waals surface area contributed by atoms with E-state index in [1.807, 2.05) is 35.7 Å². The molecule has 0 radical (unpaired) electrons. The molecule has 0 bridgehead atoms. The summed E-state index contributed by atoms with van der Waals surface area (Å²) >= 11 is 1.46. The van der Waals surface area contributed by atoms with E-state index >= 15 is 0 Å². The standard InChI is InChI=1S/C23H21N3O4S/c1-4-9-24-23-26(25-13-15-10-20(28-2)22(27)21(11-15)29-3)17(14-31-23)19-12-16-7-5-6-8-18(16)30-19/h4-8,10-14,27H,1,9H2,2-3H3.